The highest BCUT2D eigenvalue weighted by Crippen LogP contribution is 2.29. The van der Waals surface area contributed by atoms with E-state index in [0.717, 1.165) is 25.9 Å². The molecule has 0 heterocycles. The number of carbonyl (C=O) groups is 1. The van der Waals surface area contributed by atoms with Gasteiger partial charge in [0, 0.05) is 11.6 Å². The van der Waals surface area contributed by atoms with Crippen LogP contribution in [-0.2, 0) is 4.79 Å². The summed E-state index contributed by atoms with van der Waals surface area (Å²) in [6, 6.07) is 6.11. The number of nitro benzene ring substituents is 1. The molecular formula is C16H24N2O4. The first kappa shape index (κ1) is 18.1. The number of carboxylic acid groups (broad SMARTS) is 1. The minimum Gasteiger partial charge on any atom is -0.481 e. The number of aliphatic carboxylic acids is 1. The normalized spacial score (nSPS) is 12.3. The minimum atomic E-state index is -1.01. The van der Waals surface area contributed by atoms with E-state index in [1.165, 1.54) is 6.07 Å². The average molecular weight is 308 g/mol. The lowest BCUT2D eigenvalue weighted by atomic mass is 9.94. The largest absolute Gasteiger partial charge is 0.481 e. The molecule has 0 saturated heterocycles. The van der Waals surface area contributed by atoms with Crippen molar-refractivity contribution in [1.29, 1.82) is 0 Å². The molecule has 0 unspecified atom stereocenters. The molecule has 6 nitrogen and oxygen atoms in total. The molecule has 0 amide bonds. The Morgan fingerprint density at radius 3 is 2.32 bits per heavy atom. The lowest BCUT2D eigenvalue weighted by Gasteiger charge is -2.23. The van der Waals surface area contributed by atoms with Crippen LogP contribution in [0.5, 0.6) is 0 Å². The van der Waals surface area contributed by atoms with Gasteiger partial charge in [0.25, 0.3) is 5.69 Å². The van der Waals surface area contributed by atoms with Crippen molar-refractivity contribution in [3.8, 4) is 0 Å². The molecular weight excluding hydrogens is 284 g/mol. The number of nitro groups is 1. The molecule has 1 rings (SSSR count). The van der Waals surface area contributed by atoms with Crippen molar-refractivity contribution in [3.05, 3.63) is 39.9 Å². The van der Waals surface area contributed by atoms with Crippen LogP contribution in [0.3, 0.4) is 0 Å². The smallest absolute Gasteiger partial charge is 0.311 e. The summed E-state index contributed by atoms with van der Waals surface area (Å²) in [5.74, 6) is -1.86. The Kier molecular flexibility index (Phi) is 7.52. The summed E-state index contributed by atoms with van der Waals surface area (Å²) in [7, 11) is 0. The second-order valence-corrected chi connectivity index (χ2v) is 5.34. The van der Waals surface area contributed by atoms with E-state index in [9.17, 15) is 20.0 Å². The van der Waals surface area contributed by atoms with Gasteiger partial charge in [-0.05, 0) is 38.9 Å². The fourth-order valence-corrected chi connectivity index (χ4v) is 2.64. The van der Waals surface area contributed by atoms with Crippen LogP contribution in [0.4, 0.5) is 5.69 Å². The minimum absolute atomic E-state index is 0.118. The number of hydrogen-bond acceptors (Lipinski definition) is 4. The summed E-state index contributed by atoms with van der Waals surface area (Å²) >= 11 is 0. The van der Waals surface area contributed by atoms with E-state index in [-0.39, 0.29) is 11.3 Å². The third kappa shape index (κ3) is 5.11. The quantitative estimate of drug-likeness (QED) is 0.529. The SMILES string of the molecule is CCCN(CCC)CC[C@H](C(=O)O)c1ccccc1[N+](=O)[O-]. The van der Waals surface area contributed by atoms with Gasteiger partial charge in [-0.2, -0.15) is 0 Å². The Morgan fingerprint density at radius 2 is 1.82 bits per heavy atom. The molecule has 0 saturated carbocycles. The lowest BCUT2D eigenvalue weighted by molar-refractivity contribution is -0.385. The number of benzene rings is 1. The van der Waals surface area contributed by atoms with E-state index in [4.69, 9.17) is 0 Å². The van der Waals surface area contributed by atoms with Crippen molar-refractivity contribution in [1.82, 2.24) is 4.90 Å². The van der Waals surface area contributed by atoms with E-state index >= 15 is 0 Å². The molecule has 0 aliphatic heterocycles. The molecule has 0 aliphatic carbocycles. The summed E-state index contributed by atoms with van der Waals surface area (Å²) in [5.41, 5.74) is 0.167. The lowest BCUT2D eigenvalue weighted by Crippen LogP contribution is -2.29. The van der Waals surface area contributed by atoms with Gasteiger partial charge in [0.15, 0.2) is 0 Å². The van der Waals surface area contributed by atoms with Gasteiger partial charge < -0.3 is 10.0 Å². The summed E-state index contributed by atoms with van der Waals surface area (Å²) in [6.45, 7) is 6.62. The van der Waals surface area contributed by atoms with E-state index in [1.54, 1.807) is 18.2 Å². The van der Waals surface area contributed by atoms with Gasteiger partial charge in [-0.15, -0.1) is 0 Å². The summed E-state index contributed by atoms with van der Waals surface area (Å²) in [4.78, 5) is 24.4. The molecule has 22 heavy (non-hydrogen) atoms. The maximum atomic E-state index is 11.6. The van der Waals surface area contributed by atoms with Gasteiger partial charge in [-0.3, -0.25) is 14.9 Å². The zero-order chi connectivity index (χ0) is 16.5. The van der Waals surface area contributed by atoms with Gasteiger partial charge in [-0.25, -0.2) is 0 Å². The Bertz CT molecular complexity index is 499. The number of para-hydroxylation sites is 1. The molecule has 0 aliphatic rings. The second-order valence-electron chi connectivity index (χ2n) is 5.34. The molecule has 0 radical (unpaired) electrons. The highest BCUT2D eigenvalue weighted by atomic mass is 16.6. The molecule has 6 heteroatoms. The van der Waals surface area contributed by atoms with Gasteiger partial charge >= 0.3 is 5.97 Å². The van der Waals surface area contributed by atoms with E-state index < -0.39 is 16.8 Å². The Hall–Kier alpha value is -1.95. The van der Waals surface area contributed by atoms with Crippen molar-refractivity contribution in [3.63, 3.8) is 0 Å². The molecule has 0 spiro atoms. The zero-order valence-electron chi connectivity index (χ0n) is 13.2. The molecule has 0 aromatic heterocycles. The van der Waals surface area contributed by atoms with Crippen LogP contribution in [0.2, 0.25) is 0 Å². The number of nitrogens with zero attached hydrogens (tertiary/aromatic N) is 2. The Balaban J connectivity index is 2.91. The van der Waals surface area contributed by atoms with Crippen molar-refractivity contribution in [2.45, 2.75) is 39.0 Å². The Labute approximate surface area is 130 Å². The van der Waals surface area contributed by atoms with Gasteiger partial charge in [0.05, 0.1) is 10.8 Å². The van der Waals surface area contributed by atoms with Gasteiger partial charge in [-0.1, -0.05) is 32.0 Å². The van der Waals surface area contributed by atoms with Crippen LogP contribution in [0.1, 0.15) is 44.6 Å². The topological polar surface area (TPSA) is 83.7 Å². The van der Waals surface area contributed by atoms with Crippen LogP contribution in [0, 0.1) is 10.1 Å². The van der Waals surface area contributed by atoms with Crippen molar-refractivity contribution < 1.29 is 14.8 Å². The molecule has 1 aromatic rings. The monoisotopic (exact) mass is 308 g/mol. The summed E-state index contributed by atoms with van der Waals surface area (Å²) in [6.07, 6.45) is 2.38. The molecule has 0 fully saturated rings. The van der Waals surface area contributed by atoms with E-state index in [1.807, 2.05) is 0 Å². The summed E-state index contributed by atoms with van der Waals surface area (Å²) < 4.78 is 0. The maximum Gasteiger partial charge on any atom is 0.311 e. The second kappa shape index (κ2) is 9.15. The molecule has 1 aromatic carbocycles. The van der Waals surface area contributed by atoms with Crippen LogP contribution >= 0.6 is 0 Å². The predicted molar refractivity (Wildman–Crippen MR) is 85.1 cm³/mol. The maximum absolute atomic E-state index is 11.6. The van der Waals surface area contributed by atoms with Crippen molar-refractivity contribution in [2.75, 3.05) is 19.6 Å². The first-order chi connectivity index (χ1) is 10.5. The first-order valence-corrected chi connectivity index (χ1v) is 7.69. The molecule has 1 N–H and O–H groups in total. The standard InChI is InChI=1S/C16H24N2O4/c1-3-10-17(11-4-2)12-9-14(16(19)20)13-7-5-6-8-15(13)18(21)22/h5-8,14H,3-4,9-12H2,1-2H3,(H,19,20)/t14-/m0/s1. The Morgan fingerprint density at radius 1 is 1.23 bits per heavy atom. The van der Waals surface area contributed by atoms with Crippen LogP contribution in [0.15, 0.2) is 24.3 Å². The number of carboxylic acids is 1. The number of hydrogen-bond donors (Lipinski definition) is 1. The summed E-state index contributed by atoms with van der Waals surface area (Å²) in [5, 5.41) is 20.6. The molecule has 122 valence electrons. The van der Waals surface area contributed by atoms with Crippen LogP contribution < -0.4 is 0 Å². The van der Waals surface area contributed by atoms with Crippen LogP contribution in [0.25, 0.3) is 0 Å². The molecule has 0 bridgehead atoms. The highest BCUT2D eigenvalue weighted by molar-refractivity contribution is 5.77. The molecule has 1 atom stereocenters. The first-order valence-electron chi connectivity index (χ1n) is 7.69. The highest BCUT2D eigenvalue weighted by Gasteiger charge is 2.27. The van der Waals surface area contributed by atoms with Gasteiger partial charge in [0.1, 0.15) is 0 Å². The fourth-order valence-electron chi connectivity index (χ4n) is 2.64. The predicted octanol–water partition coefficient (Wildman–Crippen LogP) is 3.28. The third-order valence-electron chi connectivity index (χ3n) is 3.62. The zero-order valence-corrected chi connectivity index (χ0v) is 13.2. The van der Waals surface area contributed by atoms with Crippen molar-refractivity contribution >= 4 is 11.7 Å². The van der Waals surface area contributed by atoms with E-state index in [0.29, 0.717) is 13.0 Å². The number of rotatable bonds is 10. The van der Waals surface area contributed by atoms with Gasteiger partial charge in [0.2, 0.25) is 0 Å². The average Bonchev–Trinajstić information content (AvgIpc) is 2.47. The fraction of sp³-hybridized carbons (Fsp3) is 0.562. The van der Waals surface area contributed by atoms with E-state index in [2.05, 4.69) is 18.7 Å². The van der Waals surface area contributed by atoms with Crippen molar-refractivity contribution in [2.24, 2.45) is 0 Å². The third-order valence-corrected chi connectivity index (χ3v) is 3.62. The van der Waals surface area contributed by atoms with Crippen LogP contribution in [-0.4, -0.2) is 40.5 Å².